The summed E-state index contributed by atoms with van der Waals surface area (Å²) in [7, 11) is 1.58. The van der Waals surface area contributed by atoms with Crippen LogP contribution in [0.25, 0.3) is 0 Å². The van der Waals surface area contributed by atoms with Gasteiger partial charge in [0.1, 0.15) is 12.1 Å². The Bertz CT molecular complexity index is 782. The molecule has 9 heteroatoms. The first-order valence-electron chi connectivity index (χ1n) is 6.96. The number of H-pyrrole nitrogens is 1. The van der Waals surface area contributed by atoms with Gasteiger partial charge in [0.15, 0.2) is 0 Å². The Balaban J connectivity index is 1.70. The lowest BCUT2D eigenvalue weighted by Crippen LogP contribution is -2.31. The minimum absolute atomic E-state index is 0.0916. The van der Waals surface area contributed by atoms with E-state index in [0.29, 0.717) is 12.3 Å². The minimum atomic E-state index is -0.443. The van der Waals surface area contributed by atoms with Crippen molar-refractivity contribution in [3.8, 4) is 5.75 Å². The summed E-state index contributed by atoms with van der Waals surface area (Å²) in [5, 5.41) is 6.27. The number of aromatic nitrogens is 3. The molecule has 0 radical (unpaired) electrons. The number of aromatic amines is 1. The highest BCUT2D eigenvalue weighted by Crippen LogP contribution is 2.27. The maximum atomic E-state index is 12.3. The maximum absolute atomic E-state index is 12.3. The molecule has 1 aromatic carbocycles. The molecule has 2 amide bonds. The molecule has 0 spiro atoms. The van der Waals surface area contributed by atoms with Gasteiger partial charge < -0.3 is 9.64 Å². The van der Waals surface area contributed by atoms with Crippen molar-refractivity contribution in [3.05, 3.63) is 35.4 Å². The molecule has 2 N–H and O–H groups in total. The van der Waals surface area contributed by atoms with Gasteiger partial charge in [0, 0.05) is 18.7 Å². The molecule has 8 nitrogen and oxygen atoms in total. The quantitative estimate of drug-likeness (QED) is 0.817. The van der Waals surface area contributed by atoms with Gasteiger partial charge in [-0.1, -0.05) is 0 Å². The van der Waals surface area contributed by atoms with Crippen LogP contribution in [0.4, 0.5) is 5.69 Å². The van der Waals surface area contributed by atoms with Crippen LogP contribution in [0.1, 0.15) is 6.42 Å². The standard InChI is InChI=1S/C14H15N5O3S/c1-22-11-4-2-10(3-5-11)18-7-9(6-12(18)20)13(21)17-19-8-15-16-14(19)23/h2-5,8-9H,6-7H2,1H3,(H,16,23)(H,17,21)/t9-/m1/s1. The molecular weight excluding hydrogens is 318 g/mol. The third-order valence-electron chi connectivity index (χ3n) is 3.66. The molecule has 1 aliphatic heterocycles. The van der Waals surface area contributed by atoms with Crippen LogP contribution in [0, 0.1) is 10.7 Å². The molecular formula is C14H15N5O3S. The van der Waals surface area contributed by atoms with E-state index in [0.717, 1.165) is 5.69 Å². The van der Waals surface area contributed by atoms with Gasteiger partial charge in [-0.15, -0.1) is 0 Å². The minimum Gasteiger partial charge on any atom is -0.497 e. The molecule has 1 aliphatic rings. The monoisotopic (exact) mass is 333 g/mol. The van der Waals surface area contributed by atoms with Crippen LogP contribution in [0.3, 0.4) is 0 Å². The van der Waals surface area contributed by atoms with Gasteiger partial charge in [-0.3, -0.25) is 20.1 Å². The van der Waals surface area contributed by atoms with Crippen molar-refractivity contribution in [2.45, 2.75) is 6.42 Å². The summed E-state index contributed by atoms with van der Waals surface area (Å²) in [5.41, 5.74) is 3.37. The van der Waals surface area contributed by atoms with Crippen molar-refractivity contribution in [3.63, 3.8) is 0 Å². The van der Waals surface area contributed by atoms with E-state index < -0.39 is 5.92 Å². The van der Waals surface area contributed by atoms with Crippen molar-refractivity contribution in [1.82, 2.24) is 14.9 Å². The van der Waals surface area contributed by atoms with Crippen molar-refractivity contribution in [1.29, 1.82) is 0 Å². The number of rotatable bonds is 4. The number of ether oxygens (including phenoxy) is 1. The second kappa shape index (κ2) is 6.21. The van der Waals surface area contributed by atoms with Gasteiger partial charge in [0.2, 0.25) is 16.6 Å². The Morgan fingerprint density at radius 2 is 2.17 bits per heavy atom. The zero-order valence-electron chi connectivity index (χ0n) is 12.4. The van der Waals surface area contributed by atoms with E-state index in [1.807, 2.05) is 0 Å². The molecule has 0 unspecified atom stereocenters. The fourth-order valence-corrected chi connectivity index (χ4v) is 2.58. The largest absolute Gasteiger partial charge is 0.497 e. The van der Waals surface area contributed by atoms with Crippen molar-refractivity contribution in [2.75, 3.05) is 24.0 Å². The Morgan fingerprint density at radius 1 is 1.43 bits per heavy atom. The molecule has 0 aliphatic carbocycles. The SMILES string of the molecule is COc1ccc(N2C[C@H](C(=O)Nn3cn[nH]c3=S)CC2=O)cc1. The number of hydrogen-bond acceptors (Lipinski definition) is 5. The third-order valence-corrected chi connectivity index (χ3v) is 3.95. The van der Waals surface area contributed by atoms with E-state index >= 15 is 0 Å². The molecule has 0 saturated carbocycles. The van der Waals surface area contributed by atoms with Crippen LogP contribution in [0.5, 0.6) is 5.75 Å². The number of carbonyl (C=O) groups is 2. The van der Waals surface area contributed by atoms with Crippen molar-refractivity contribution < 1.29 is 14.3 Å². The third kappa shape index (κ3) is 3.09. The number of anilines is 1. The summed E-state index contributed by atoms with van der Waals surface area (Å²) in [6.07, 6.45) is 1.53. The van der Waals surface area contributed by atoms with Crippen molar-refractivity contribution in [2.24, 2.45) is 5.92 Å². The van der Waals surface area contributed by atoms with Crippen LogP contribution in [0.2, 0.25) is 0 Å². The number of nitrogens with one attached hydrogen (secondary N) is 2. The molecule has 3 rings (SSSR count). The number of nitrogens with zero attached hydrogens (tertiary/aromatic N) is 3. The van der Waals surface area contributed by atoms with Crippen LogP contribution >= 0.6 is 12.2 Å². The summed E-state index contributed by atoms with van der Waals surface area (Å²) in [6.45, 7) is 0.322. The van der Waals surface area contributed by atoms with Crippen LogP contribution in [-0.4, -0.2) is 40.3 Å². The number of amides is 2. The van der Waals surface area contributed by atoms with Gasteiger partial charge in [-0.05, 0) is 36.5 Å². The van der Waals surface area contributed by atoms with Gasteiger partial charge in [-0.25, -0.2) is 4.68 Å². The average Bonchev–Trinajstić information content (AvgIpc) is 3.14. The highest BCUT2D eigenvalue weighted by molar-refractivity contribution is 7.71. The summed E-state index contributed by atoms with van der Waals surface area (Å²) < 4.78 is 6.70. The number of carbonyl (C=O) groups excluding carboxylic acids is 2. The van der Waals surface area contributed by atoms with E-state index in [4.69, 9.17) is 17.0 Å². The molecule has 1 atom stereocenters. The maximum Gasteiger partial charge on any atom is 0.244 e. The van der Waals surface area contributed by atoms with E-state index in [1.165, 1.54) is 11.0 Å². The first-order valence-corrected chi connectivity index (χ1v) is 7.36. The fourth-order valence-electron chi connectivity index (χ4n) is 2.43. The predicted octanol–water partition coefficient (Wildman–Crippen LogP) is 1.07. The second-order valence-electron chi connectivity index (χ2n) is 5.11. The highest BCUT2D eigenvalue weighted by Gasteiger charge is 2.35. The van der Waals surface area contributed by atoms with Gasteiger partial charge in [0.05, 0.1) is 13.0 Å². The number of benzene rings is 1. The van der Waals surface area contributed by atoms with Gasteiger partial charge >= 0.3 is 0 Å². The van der Waals surface area contributed by atoms with E-state index in [-0.39, 0.29) is 23.0 Å². The Morgan fingerprint density at radius 3 is 2.78 bits per heavy atom. The number of methoxy groups -OCH3 is 1. The van der Waals surface area contributed by atoms with Gasteiger partial charge in [0.25, 0.3) is 0 Å². The summed E-state index contributed by atoms with van der Waals surface area (Å²) in [6, 6.07) is 7.15. The summed E-state index contributed by atoms with van der Waals surface area (Å²) in [5.74, 6) is -0.0941. The smallest absolute Gasteiger partial charge is 0.244 e. The molecule has 1 aromatic heterocycles. The fraction of sp³-hybridized carbons (Fsp3) is 0.286. The molecule has 23 heavy (non-hydrogen) atoms. The molecule has 120 valence electrons. The highest BCUT2D eigenvalue weighted by atomic mass is 32.1. The van der Waals surface area contributed by atoms with Crippen LogP contribution in [-0.2, 0) is 9.59 Å². The summed E-state index contributed by atoms with van der Waals surface area (Å²) >= 11 is 4.97. The Kier molecular flexibility index (Phi) is 4.11. The van der Waals surface area contributed by atoms with Gasteiger partial charge in [-0.2, -0.15) is 5.10 Å². The number of hydrogen-bond donors (Lipinski definition) is 2. The first kappa shape index (κ1) is 15.2. The predicted molar refractivity (Wildman–Crippen MR) is 85.2 cm³/mol. The van der Waals surface area contributed by atoms with E-state index in [9.17, 15) is 9.59 Å². The average molecular weight is 333 g/mol. The lowest BCUT2D eigenvalue weighted by Gasteiger charge is -2.17. The zero-order valence-corrected chi connectivity index (χ0v) is 13.2. The molecule has 2 aromatic rings. The van der Waals surface area contributed by atoms with Crippen LogP contribution < -0.4 is 15.1 Å². The van der Waals surface area contributed by atoms with E-state index in [2.05, 4.69) is 15.6 Å². The molecule has 2 heterocycles. The molecule has 1 saturated heterocycles. The second-order valence-corrected chi connectivity index (χ2v) is 5.50. The Labute approximate surface area is 137 Å². The first-order chi connectivity index (χ1) is 11.1. The topological polar surface area (TPSA) is 92.2 Å². The lowest BCUT2D eigenvalue weighted by atomic mass is 10.1. The zero-order chi connectivity index (χ0) is 16.4. The van der Waals surface area contributed by atoms with Crippen molar-refractivity contribution >= 4 is 29.7 Å². The molecule has 0 bridgehead atoms. The Hall–Kier alpha value is -2.68. The van der Waals surface area contributed by atoms with Crippen LogP contribution in [0.15, 0.2) is 30.6 Å². The van der Waals surface area contributed by atoms with E-state index in [1.54, 1.807) is 36.3 Å². The lowest BCUT2D eigenvalue weighted by molar-refractivity contribution is -0.123. The normalized spacial score (nSPS) is 17.3. The molecule has 1 fully saturated rings. The summed E-state index contributed by atoms with van der Waals surface area (Å²) in [4.78, 5) is 26.0.